The molecule has 0 amide bonds. The lowest BCUT2D eigenvalue weighted by molar-refractivity contribution is 1.47. The molecule has 1 heteroatoms. The van der Waals surface area contributed by atoms with Gasteiger partial charge in [0, 0.05) is 27.5 Å². The molecule has 0 aliphatic heterocycles. The summed E-state index contributed by atoms with van der Waals surface area (Å²) in [6.07, 6.45) is 0. The summed E-state index contributed by atoms with van der Waals surface area (Å²) in [4.78, 5) is 5.64. The number of nitrogens with zero attached hydrogens (tertiary/aromatic N) is 1. The van der Waals surface area contributed by atoms with Crippen LogP contribution in [-0.2, 0) is 0 Å². The minimum atomic E-state index is 1.00. The van der Waals surface area contributed by atoms with E-state index < -0.39 is 0 Å². The summed E-state index contributed by atoms with van der Waals surface area (Å²) in [5, 5.41) is 2.27. The van der Waals surface area contributed by atoms with Crippen LogP contribution in [0, 0.1) is 0 Å². The predicted octanol–water partition coefficient (Wildman–Crippen LogP) is 11.7. The van der Waals surface area contributed by atoms with Gasteiger partial charge in [0.05, 0.1) is 11.0 Å². The van der Waals surface area contributed by atoms with Crippen LogP contribution in [0.2, 0.25) is 0 Å². The van der Waals surface area contributed by atoms with Gasteiger partial charge in [-0.25, -0.2) is 4.98 Å². The van der Waals surface area contributed by atoms with Crippen LogP contribution in [0.3, 0.4) is 0 Å². The van der Waals surface area contributed by atoms with E-state index in [2.05, 4.69) is 176 Å². The van der Waals surface area contributed by atoms with Crippen molar-refractivity contribution in [2.24, 2.45) is 0 Å². The second-order valence-corrected chi connectivity index (χ2v) is 11.1. The first-order valence-electron chi connectivity index (χ1n) is 15.1. The van der Waals surface area contributed by atoms with Crippen LogP contribution < -0.4 is 0 Å². The summed E-state index contributed by atoms with van der Waals surface area (Å²) in [7, 11) is 0. The van der Waals surface area contributed by atoms with Gasteiger partial charge in [0.1, 0.15) is 0 Å². The molecular weight excluding hydrogens is 530 g/mol. The van der Waals surface area contributed by atoms with Gasteiger partial charge in [-0.1, -0.05) is 170 Å². The molecule has 7 aromatic carbocycles. The normalized spacial score (nSPS) is 11.2. The van der Waals surface area contributed by atoms with E-state index in [-0.39, 0.29) is 0 Å². The molecule has 8 rings (SSSR count). The second-order valence-electron chi connectivity index (χ2n) is 11.1. The number of pyridine rings is 1. The van der Waals surface area contributed by atoms with Crippen LogP contribution in [-0.4, -0.2) is 4.98 Å². The van der Waals surface area contributed by atoms with Gasteiger partial charge in [0.2, 0.25) is 0 Å². The van der Waals surface area contributed by atoms with Crippen molar-refractivity contribution < 1.29 is 0 Å². The molecule has 206 valence electrons. The fraction of sp³-hybridized carbons (Fsp3) is 0. The van der Waals surface area contributed by atoms with Crippen molar-refractivity contribution in [3.05, 3.63) is 176 Å². The van der Waals surface area contributed by atoms with Gasteiger partial charge >= 0.3 is 0 Å². The smallest absolute Gasteiger partial charge is 0.0801 e. The zero-order valence-corrected chi connectivity index (χ0v) is 24.2. The van der Waals surface area contributed by atoms with E-state index in [1.54, 1.807) is 0 Å². The van der Waals surface area contributed by atoms with Gasteiger partial charge in [-0.2, -0.15) is 0 Å². The molecule has 0 unspecified atom stereocenters. The quantitative estimate of drug-likeness (QED) is 0.191. The first-order valence-corrected chi connectivity index (χ1v) is 15.1. The molecule has 0 spiro atoms. The standard InChI is InChI=1S/C43H29N/c1-6-17-30(18-7-1)36-28-16-27-35-29-37-38(31-19-8-2-9-20-31)39(32-21-10-3-11-22-32)40(33-23-12-4-13-24-33)41(43(37)44-42(35)36)34-25-14-5-15-26-34/h1-29H. The SMILES string of the molecule is c1ccc(-c2c(-c3ccccc3)c(-c3ccccc3)c3nc4c(-c5ccccc5)cccc4cc3c2-c2ccccc2)cc1. The summed E-state index contributed by atoms with van der Waals surface area (Å²) in [5.41, 5.74) is 13.7. The second kappa shape index (κ2) is 11.1. The summed E-state index contributed by atoms with van der Waals surface area (Å²) in [6.45, 7) is 0. The van der Waals surface area contributed by atoms with Crippen molar-refractivity contribution >= 4 is 21.8 Å². The number of aromatic nitrogens is 1. The Hall–Kier alpha value is -5.79. The molecular formula is C43H29N. The maximum Gasteiger partial charge on any atom is 0.0801 e. The molecule has 0 saturated heterocycles. The molecule has 0 bridgehead atoms. The van der Waals surface area contributed by atoms with E-state index in [9.17, 15) is 0 Å². The van der Waals surface area contributed by atoms with E-state index >= 15 is 0 Å². The van der Waals surface area contributed by atoms with E-state index in [0.29, 0.717) is 0 Å². The molecule has 0 fully saturated rings. The lowest BCUT2D eigenvalue weighted by atomic mass is 9.80. The van der Waals surface area contributed by atoms with Crippen LogP contribution >= 0.6 is 0 Å². The monoisotopic (exact) mass is 559 g/mol. The number of fused-ring (bicyclic) bond motifs is 2. The van der Waals surface area contributed by atoms with Gasteiger partial charge < -0.3 is 0 Å². The number of hydrogen-bond donors (Lipinski definition) is 0. The van der Waals surface area contributed by atoms with E-state index in [1.165, 1.54) is 38.9 Å². The lowest BCUT2D eigenvalue weighted by Gasteiger charge is -2.24. The van der Waals surface area contributed by atoms with E-state index in [4.69, 9.17) is 4.98 Å². The minimum absolute atomic E-state index is 1.00. The summed E-state index contributed by atoms with van der Waals surface area (Å²) >= 11 is 0. The van der Waals surface area contributed by atoms with Crippen LogP contribution in [0.1, 0.15) is 0 Å². The van der Waals surface area contributed by atoms with Crippen molar-refractivity contribution in [1.82, 2.24) is 4.98 Å². The van der Waals surface area contributed by atoms with Crippen LogP contribution in [0.15, 0.2) is 176 Å². The molecule has 0 saturated carbocycles. The Morgan fingerprint density at radius 3 is 1.20 bits per heavy atom. The highest BCUT2D eigenvalue weighted by Crippen LogP contribution is 2.51. The lowest BCUT2D eigenvalue weighted by Crippen LogP contribution is -1.99. The molecule has 0 aliphatic carbocycles. The highest BCUT2D eigenvalue weighted by Gasteiger charge is 2.25. The molecule has 1 heterocycles. The van der Waals surface area contributed by atoms with Crippen LogP contribution in [0.4, 0.5) is 0 Å². The van der Waals surface area contributed by atoms with Crippen LogP contribution in [0.5, 0.6) is 0 Å². The first kappa shape index (κ1) is 25.9. The maximum atomic E-state index is 5.64. The Bertz CT molecular complexity index is 2220. The Labute approximate surface area is 257 Å². The third-order valence-electron chi connectivity index (χ3n) is 8.44. The minimum Gasteiger partial charge on any atom is -0.246 e. The molecule has 8 aromatic rings. The predicted molar refractivity (Wildman–Crippen MR) is 186 cm³/mol. The van der Waals surface area contributed by atoms with Crippen molar-refractivity contribution in [3.8, 4) is 55.6 Å². The summed E-state index contributed by atoms with van der Waals surface area (Å²) < 4.78 is 0. The average Bonchev–Trinajstić information content (AvgIpc) is 3.11. The van der Waals surface area contributed by atoms with Gasteiger partial charge in [0.25, 0.3) is 0 Å². The first-order chi connectivity index (χ1) is 21.9. The summed E-state index contributed by atoms with van der Waals surface area (Å²) in [5.74, 6) is 0. The van der Waals surface area contributed by atoms with Gasteiger partial charge in [-0.15, -0.1) is 0 Å². The topological polar surface area (TPSA) is 12.9 Å². The van der Waals surface area contributed by atoms with Crippen LogP contribution in [0.25, 0.3) is 77.4 Å². The Morgan fingerprint density at radius 1 is 0.295 bits per heavy atom. The Balaban J connectivity index is 1.64. The molecule has 0 aliphatic rings. The molecule has 0 radical (unpaired) electrons. The Morgan fingerprint density at radius 2 is 0.705 bits per heavy atom. The number of hydrogen-bond acceptors (Lipinski definition) is 1. The van der Waals surface area contributed by atoms with E-state index in [1.807, 2.05) is 0 Å². The fourth-order valence-corrected chi connectivity index (χ4v) is 6.51. The molecule has 1 aromatic heterocycles. The number of benzene rings is 7. The largest absolute Gasteiger partial charge is 0.246 e. The fourth-order valence-electron chi connectivity index (χ4n) is 6.51. The van der Waals surface area contributed by atoms with Gasteiger partial charge in [-0.05, 0) is 45.0 Å². The zero-order chi connectivity index (χ0) is 29.3. The maximum absolute atomic E-state index is 5.64. The average molecular weight is 560 g/mol. The van der Waals surface area contributed by atoms with Crippen molar-refractivity contribution in [2.45, 2.75) is 0 Å². The van der Waals surface area contributed by atoms with Crippen molar-refractivity contribution in [3.63, 3.8) is 0 Å². The zero-order valence-electron chi connectivity index (χ0n) is 24.2. The third kappa shape index (κ3) is 4.47. The van der Waals surface area contributed by atoms with Gasteiger partial charge in [-0.3, -0.25) is 0 Å². The van der Waals surface area contributed by atoms with E-state index in [0.717, 1.165) is 38.5 Å². The number of rotatable bonds is 5. The summed E-state index contributed by atoms with van der Waals surface area (Å²) in [6, 6.07) is 62.7. The molecule has 44 heavy (non-hydrogen) atoms. The molecule has 1 nitrogen and oxygen atoms in total. The Kier molecular flexibility index (Phi) is 6.55. The third-order valence-corrected chi connectivity index (χ3v) is 8.44. The highest BCUT2D eigenvalue weighted by molar-refractivity contribution is 6.19. The molecule has 0 N–H and O–H groups in total. The van der Waals surface area contributed by atoms with Crippen molar-refractivity contribution in [2.75, 3.05) is 0 Å². The molecule has 0 atom stereocenters. The number of para-hydroxylation sites is 1. The van der Waals surface area contributed by atoms with Gasteiger partial charge in [0.15, 0.2) is 0 Å². The van der Waals surface area contributed by atoms with Crippen molar-refractivity contribution in [1.29, 1.82) is 0 Å². The highest BCUT2D eigenvalue weighted by atomic mass is 14.7.